The van der Waals surface area contributed by atoms with Gasteiger partial charge in [0.15, 0.2) is 6.29 Å². The van der Waals surface area contributed by atoms with Crippen LogP contribution in [0.15, 0.2) is 6.20 Å². The van der Waals surface area contributed by atoms with Crippen LogP contribution in [0.3, 0.4) is 0 Å². The maximum Gasteiger partial charge on any atom is 0.156 e. The van der Waals surface area contributed by atoms with Gasteiger partial charge in [-0.05, 0) is 13.8 Å². The zero-order chi connectivity index (χ0) is 14.0. The molecule has 2 aromatic heterocycles. The number of hydrogen-bond donors (Lipinski definition) is 1. The van der Waals surface area contributed by atoms with Crippen LogP contribution in [0.25, 0.3) is 0 Å². The lowest BCUT2D eigenvalue weighted by Crippen LogP contribution is -2.07. The Kier molecular flexibility index (Phi) is 3.80. The highest BCUT2D eigenvalue weighted by Crippen LogP contribution is 2.19. The molecule has 0 aliphatic heterocycles. The number of aryl methyl sites for hydroxylation is 3. The second-order valence-electron chi connectivity index (χ2n) is 4.21. The highest BCUT2D eigenvalue weighted by molar-refractivity contribution is 6.32. The molecule has 2 aromatic rings. The first-order valence-electron chi connectivity index (χ1n) is 5.73. The molecule has 0 saturated carbocycles. The first-order chi connectivity index (χ1) is 9.01. The molecular formula is C12H14ClN5O. The van der Waals surface area contributed by atoms with E-state index in [0.29, 0.717) is 24.5 Å². The molecule has 0 amide bonds. The van der Waals surface area contributed by atoms with Gasteiger partial charge in [-0.1, -0.05) is 11.6 Å². The molecule has 7 heteroatoms. The van der Waals surface area contributed by atoms with Gasteiger partial charge in [0, 0.05) is 25.4 Å². The van der Waals surface area contributed by atoms with Crippen molar-refractivity contribution < 1.29 is 4.79 Å². The first kappa shape index (κ1) is 13.5. The fourth-order valence-corrected chi connectivity index (χ4v) is 2.04. The van der Waals surface area contributed by atoms with E-state index >= 15 is 0 Å². The van der Waals surface area contributed by atoms with Gasteiger partial charge in [0.25, 0.3) is 0 Å². The molecule has 2 rings (SSSR count). The van der Waals surface area contributed by atoms with Crippen molar-refractivity contribution in [2.24, 2.45) is 7.05 Å². The van der Waals surface area contributed by atoms with Gasteiger partial charge >= 0.3 is 0 Å². The van der Waals surface area contributed by atoms with Crippen LogP contribution in [0.1, 0.15) is 27.4 Å². The standard InChI is InChI=1S/C12H14ClN5O/c1-7-9(5-18(3)17-7)4-14-12-10(6-19)11(13)15-8(2)16-12/h5-6H,4H2,1-3H3,(H,14,15,16). The smallest absolute Gasteiger partial charge is 0.156 e. The summed E-state index contributed by atoms with van der Waals surface area (Å²) in [7, 11) is 1.86. The minimum Gasteiger partial charge on any atom is -0.365 e. The molecule has 0 atom stereocenters. The van der Waals surface area contributed by atoms with Gasteiger partial charge in [-0.3, -0.25) is 9.48 Å². The molecule has 0 radical (unpaired) electrons. The lowest BCUT2D eigenvalue weighted by molar-refractivity contribution is 0.112. The number of nitrogens with zero attached hydrogens (tertiary/aromatic N) is 4. The second-order valence-corrected chi connectivity index (χ2v) is 4.57. The van der Waals surface area contributed by atoms with Crippen LogP contribution in [0.5, 0.6) is 0 Å². The Morgan fingerprint density at radius 1 is 1.42 bits per heavy atom. The quantitative estimate of drug-likeness (QED) is 0.684. The third-order valence-corrected chi connectivity index (χ3v) is 2.98. The van der Waals surface area contributed by atoms with Gasteiger partial charge in [-0.15, -0.1) is 0 Å². The SMILES string of the molecule is Cc1nc(Cl)c(C=O)c(NCc2cn(C)nc2C)n1. The topological polar surface area (TPSA) is 72.7 Å². The average molecular weight is 280 g/mol. The highest BCUT2D eigenvalue weighted by atomic mass is 35.5. The largest absolute Gasteiger partial charge is 0.365 e. The van der Waals surface area contributed by atoms with E-state index in [1.807, 2.05) is 20.2 Å². The molecule has 100 valence electrons. The van der Waals surface area contributed by atoms with Gasteiger partial charge in [0.1, 0.15) is 16.8 Å². The zero-order valence-electron chi connectivity index (χ0n) is 10.9. The number of anilines is 1. The van der Waals surface area contributed by atoms with Crippen molar-refractivity contribution in [1.82, 2.24) is 19.7 Å². The maximum atomic E-state index is 11.0. The van der Waals surface area contributed by atoms with Crippen LogP contribution in [-0.2, 0) is 13.6 Å². The molecule has 0 unspecified atom stereocenters. The molecule has 0 aromatic carbocycles. The Hall–Kier alpha value is -1.95. The van der Waals surface area contributed by atoms with E-state index in [1.165, 1.54) is 0 Å². The number of hydrogen-bond acceptors (Lipinski definition) is 5. The fraction of sp³-hybridized carbons (Fsp3) is 0.333. The third kappa shape index (κ3) is 2.90. The van der Waals surface area contributed by atoms with Crippen molar-refractivity contribution >= 4 is 23.7 Å². The van der Waals surface area contributed by atoms with Crippen molar-refractivity contribution in [3.8, 4) is 0 Å². The van der Waals surface area contributed by atoms with E-state index in [0.717, 1.165) is 11.3 Å². The van der Waals surface area contributed by atoms with Gasteiger partial charge in [0.2, 0.25) is 0 Å². The van der Waals surface area contributed by atoms with Crippen LogP contribution < -0.4 is 5.32 Å². The normalized spacial score (nSPS) is 10.5. The molecule has 19 heavy (non-hydrogen) atoms. The molecule has 0 saturated heterocycles. The zero-order valence-corrected chi connectivity index (χ0v) is 11.7. The fourth-order valence-electron chi connectivity index (χ4n) is 1.79. The molecule has 2 heterocycles. The van der Waals surface area contributed by atoms with E-state index in [9.17, 15) is 4.79 Å². The monoisotopic (exact) mass is 279 g/mol. The van der Waals surface area contributed by atoms with Gasteiger partial charge in [-0.25, -0.2) is 9.97 Å². The molecule has 0 fully saturated rings. The van der Waals surface area contributed by atoms with Crippen molar-refractivity contribution in [2.45, 2.75) is 20.4 Å². The Morgan fingerprint density at radius 2 is 2.16 bits per heavy atom. The van der Waals surface area contributed by atoms with E-state index in [-0.39, 0.29) is 10.7 Å². The van der Waals surface area contributed by atoms with Crippen molar-refractivity contribution in [1.29, 1.82) is 0 Å². The molecule has 0 aliphatic carbocycles. The van der Waals surface area contributed by atoms with Crippen molar-refractivity contribution in [3.63, 3.8) is 0 Å². The Bertz CT molecular complexity index is 623. The summed E-state index contributed by atoms with van der Waals surface area (Å²) in [6, 6.07) is 0. The first-order valence-corrected chi connectivity index (χ1v) is 6.11. The van der Waals surface area contributed by atoms with Crippen LogP contribution >= 0.6 is 11.6 Å². The number of aromatic nitrogens is 4. The van der Waals surface area contributed by atoms with E-state index in [2.05, 4.69) is 20.4 Å². The van der Waals surface area contributed by atoms with Crippen molar-refractivity contribution in [2.75, 3.05) is 5.32 Å². The van der Waals surface area contributed by atoms with Gasteiger partial charge < -0.3 is 5.32 Å². The summed E-state index contributed by atoms with van der Waals surface area (Å²) in [4.78, 5) is 19.2. The summed E-state index contributed by atoms with van der Waals surface area (Å²) >= 11 is 5.91. The molecule has 0 aliphatic rings. The van der Waals surface area contributed by atoms with Crippen LogP contribution in [-0.4, -0.2) is 26.0 Å². The van der Waals surface area contributed by atoms with E-state index in [4.69, 9.17) is 11.6 Å². The van der Waals surface area contributed by atoms with E-state index in [1.54, 1.807) is 11.6 Å². The number of rotatable bonds is 4. The molecule has 1 N–H and O–H groups in total. The minimum atomic E-state index is 0.160. The number of aldehydes is 1. The van der Waals surface area contributed by atoms with Crippen LogP contribution in [0.2, 0.25) is 5.15 Å². The number of halogens is 1. The average Bonchev–Trinajstić information content (AvgIpc) is 2.64. The lowest BCUT2D eigenvalue weighted by Gasteiger charge is -2.08. The second kappa shape index (κ2) is 5.36. The molecule has 0 bridgehead atoms. The maximum absolute atomic E-state index is 11.0. The lowest BCUT2D eigenvalue weighted by atomic mass is 10.2. The summed E-state index contributed by atoms with van der Waals surface area (Å²) < 4.78 is 1.74. The summed E-state index contributed by atoms with van der Waals surface area (Å²) in [6.07, 6.45) is 2.57. The summed E-state index contributed by atoms with van der Waals surface area (Å²) in [6.45, 7) is 4.17. The van der Waals surface area contributed by atoms with Crippen LogP contribution in [0, 0.1) is 13.8 Å². The van der Waals surface area contributed by atoms with Crippen LogP contribution in [0.4, 0.5) is 5.82 Å². The predicted octanol–water partition coefficient (Wildman–Crippen LogP) is 1.90. The summed E-state index contributed by atoms with van der Waals surface area (Å²) in [5.41, 5.74) is 2.24. The predicted molar refractivity (Wildman–Crippen MR) is 72.4 cm³/mol. The number of carbonyl (C=O) groups excluding carboxylic acids is 1. The highest BCUT2D eigenvalue weighted by Gasteiger charge is 2.11. The Balaban J connectivity index is 2.24. The molecular weight excluding hydrogens is 266 g/mol. The van der Waals surface area contributed by atoms with Gasteiger partial charge in [0.05, 0.1) is 11.3 Å². The summed E-state index contributed by atoms with van der Waals surface area (Å²) in [5, 5.41) is 7.51. The Labute approximate surface area is 115 Å². The minimum absolute atomic E-state index is 0.160. The third-order valence-electron chi connectivity index (χ3n) is 2.69. The molecule has 0 spiro atoms. The molecule has 6 nitrogen and oxygen atoms in total. The van der Waals surface area contributed by atoms with Gasteiger partial charge in [-0.2, -0.15) is 5.10 Å². The Morgan fingerprint density at radius 3 is 2.74 bits per heavy atom. The summed E-state index contributed by atoms with van der Waals surface area (Å²) in [5.74, 6) is 0.955. The van der Waals surface area contributed by atoms with Crippen molar-refractivity contribution in [3.05, 3.63) is 34.0 Å². The number of nitrogens with one attached hydrogen (secondary N) is 1. The number of carbonyl (C=O) groups is 1. The van der Waals surface area contributed by atoms with E-state index < -0.39 is 0 Å².